The quantitative estimate of drug-likeness (QED) is 0.386. The Morgan fingerprint density at radius 2 is 1.88 bits per heavy atom. The summed E-state index contributed by atoms with van der Waals surface area (Å²) >= 11 is 1.44. The predicted octanol–water partition coefficient (Wildman–Crippen LogP) is 3.71. The summed E-state index contributed by atoms with van der Waals surface area (Å²) in [6.07, 6.45) is 6.33. The van der Waals surface area contributed by atoms with Gasteiger partial charge in [-0.25, -0.2) is 0 Å². The summed E-state index contributed by atoms with van der Waals surface area (Å²) in [5, 5.41) is 0. The van der Waals surface area contributed by atoms with Crippen LogP contribution in [0.2, 0.25) is 0 Å². The first-order valence-electron chi connectivity index (χ1n) is 5.60. The summed E-state index contributed by atoms with van der Waals surface area (Å²) in [6, 6.07) is 0. The fraction of sp³-hybridized carbons (Fsp3) is 0.667. The molecule has 17 heavy (non-hydrogen) atoms. The Balaban J connectivity index is 3.67. The summed E-state index contributed by atoms with van der Waals surface area (Å²) in [7, 11) is -4.30. The molecule has 0 rings (SSSR count). The van der Waals surface area contributed by atoms with Crippen LogP contribution in [0.5, 0.6) is 0 Å². The van der Waals surface area contributed by atoms with Crippen molar-refractivity contribution in [2.24, 2.45) is 0 Å². The standard InChI is InChI=1S/C12H21FO2S2/c1-11(2)5-4-6-12(3)7-8-16-9-10-17(13,14)15/h5,7H,4,6,8-10H2,1-3H3. The van der Waals surface area contributed by atoms with E-state index in [-0.39, 0.29) is 5.75 Å². The van der Waals surface area contributed by atoms with E-state index in [9.17, 15) is 12.3 Å². The minimum atomic E-state index is -4.30. The normalized spacial score (nSPS) is 12.6. The maximum atomic E-state index is 12.2. The molecule has 0 fully saturated rings. The van der Waals surface area contributed by atoms with Gasteiger partial charge in [0.25, 0.3) is 0 Å². The molecule has 0 aromatic carbocycles. The van der Waals surface area contributed by atoms with Gasteiger partial charge in [0.05, 0.1) is 5.75 Å². The number of hydrogen-bond acceptors (Lipinski definition) is 3. The van der Waals surface area contributed by atoms with E-state index in [0.29, 0.717) is 5.75 Å². The van der Waals surface area contributed by atoms with Crippen LogP contribution >= 0.6 is 11.8 Å². The summed E-state index contributed by atoms with van der Waals surface area (Å²) in [5.41, 5.74) is 2.61. The molecule has 0 aromatic heterocycles. The minimum Gasteiger partial charge on any atom is -0.195 e. The number of hydrogen-bond donors (Lipinski definition) is 0. The van der Waals surface area contributed by atoms with Gasteiger partial charge in [-0.05, 0) is 33.6 Å². The molecule has 0 aliphatic heterocycles. The van der Waals surface area contributed by atoms with Gasteiger partial charge in [-0.3, -0.25) is 0 Å². The molecule has 0 bridgehead atoms. The topological polar surface area (TPSA) is 34.1 Å². The highest BCUT2D eigenvalue weighted by atomic mass is 32.3. The van der Waals surface area contributed by atoms with Crippen LogP contribution in [0.3, 0.4) is 0 Å². The van der Waals surface area contributed by atoms with Crippen LogP contribution in [-0.2, 0) is 10.2 Å². The van der Waals surface area contributed by atoms with E-state index in [0.717, 1.165) is 18.6 Å². The molecule has 0 unspecified atom stereocenters. The molecule has 0 spiro atoms. The van der Waals surface area contributed by atoms with Crippen molar-refractivity contribution in [3.05, 3.63) is 23.3 Å². The first kappa shape index (κ1) is 16.7. The lowest BCUT2D eigenvalue weighted by molar-refractivity contribution is 0.554. The molecule has 0 aliphatic rings. The summed E-state index contributed by atoms with van der Waals surface area (Å²) in [5.74, 6) is 0.676. The molecule has 0 amide bonds. The summed E-state index contributed by atoms with van der Waals surface area (Å²) in [6.45, 7) is 6.21. The largest absolute Gasteiger partial charge is 0.303 e. The van der Waals surface area contributed by atoms with E-state index >= 15 is 0 Å². The molecule has 0 aliphatic carbocycles. The van der Waals surface area contributed by atoms with Crippen molar-refractivity contribution < 1.29 is 12.3 Å². The lowest BCUT2D eigenvalue weighted by atomic mass is 10.1. The van der Waals surface area contributed by atoms with Gasteiger partial charge in [0, 0.05) is 11.5 Å². The molecule has 0 N–H and O–H groups in total. The van der Waals surface area contributed by atoms with Crippen molar-refractivity contribution in [2.45, 2.75) is 33.6 Å². The molecular weight excluding hydrogens is 259 g/mol. The zero-order chi connectivity index (χ0) is 13.3. The van der Waals surface area contributed by atoms with Crippen molar-refractivity contribution in [3.63, 3.8) is 0 Å². The Morgan fingerprint density at radius 3 is 2.41 bits per heavy atom. The number of allylic oxidation sites excluding steroid dienone is 3. The Hall–Kier alpha value is -0.290. The average molecular weight is 280 g/mol. The van der Waals surface area contributed by atoms with Gasteiger partial charge >= 0.3 is 10.2 Å². The third-order valence-electron chi connectivity index (χ3n) is 2.11. The van der Waals surface area contributed by atoms with E-state index < -0.39 is 10.2 Å². The molecule has 0 saturated carbocycles. The fourth-order valence-electron chi connectivity index (χ4n) is 1.13. The maximum absolute atomic E-state index is 12.2. The van der Waals surface area contributed by atoms with Crippen LogP contribution in [0.25, 0.3) is 0 Å². The Morgan fingerprint density at radius 1 is 1.24 bits per heavy atom. The molecule has 0 aromatic rings. The highest BCUT2D eigenvalue weighted by molar-refractivity contribution is 8.00. The van der Waals surface area contributed by atoms with Crippen LogP contribution in [0.4, 0.5) is 3.89 Å². The lowest BCUT2D eigenvalue weighted by Gasteiger charge is -1.99. The first-order chi connectivity index (χ1) is 7.81. The predicted molar refractivity (Wildman–Crippen MR) is 74.6 cm³/mol. The van der Waals surface area contributed by atoms with Crippen molar-refractivity contribution in [1.29, 1.82) is 0 Å². The number of halogens is 1. The van der Waals surface area contributed by atoms with Crippen LogP contribution in [0.15, 0.2) is 23.3 Å². The smallest absolute Gasteiger partial charge is 0.195 e. The van der Waals surface area contributed by atoms with E-state index in [1.807, 2.05) is 0 Å². The van der Waals surface area contributed by atoms with Gasteiger partial charge in [-0.15, -0.1) is 3.89 Å². The van der Waals surface area contributed by atoms with Crippen molar-refractivity contribution in [3.8, 4) is 0 Å². The second kappa shape index (κ2) is 8.75. The zero-order valence-electron chi connectivity index (χ0n) is 10.7. The molecule has 100 valence electrons. The molecule has 2 nitrogen and oxygen atoms in total. The maximum Gasteiger partial charge on any atom is 0.303 e. The molecule has 0 radical (unpaired) electrons. The molecule has 0 heterocycles. The summed E-state index contributed by atoms with van der Waals surface area (Å²) < 4.78 is 32.6. The summed E-state index contributed by atoms with van der Waals surface area (Å²) in [4.78, 5) is 0. The van der Waals surface area contributed by atoms with Crippen LogP contribution < -0.4 is 0 Å². The van der Waals surface area contributed by atoms with Crippen LogP contribution in [-0.4, -0.2) is 25.7 Å². The first-order valence-corrected chi connectivity index (χ1v) is 8.31. The van der Waals surface area contributed by atoms with Gasteiger partial charge in [0.15, 0.2) is 0 Å². The van der Waals surface area contributed by atoms with E-state index in [1.165, 1.54) is 22.9 Å². The lowest BCUT2D eigenvalue weighted by Crippen LogP contribution is -2.01. The van der Waals surface area contributed by atoms with Crippen LogP contribution in [0, 0.1) is 0 Å². The Bertz CT molecular complexity index is 366. The Labute approximate surface area is 109 Å². The number of thioether (sulfide) groups is 1. The zero-order valence-corrected chi connectivity index (χ0v) is 12.3. The second-order valence-electron chi connectivity index (χ2n) is 4.19. The van der Waals surface area contributed by atoms with Gasteiger partial charge in [-0.1, -0.05) is 23.3 Å². The van der Waals surface area contributed by atoms with E-state index in [4.69, 9.17) is 0 Å². The highest BCUT2D eigenvalue weighted by Gasteiger charge is 2.05. The second-order valence-corrected chi connectivity index (χ2v) is 6.82. The van der Waals surface area contributed by atoms with Crippen molar-refractivity contribution in [2.75, 3.05) is 17.3 Å². The van der Waals surface area contributed by atoms with Gasteiger partial charge in [-0.2, -0.15) is 20.2 Å². The molecule has 0 saturated heterocycles. The SMILES string of the molecule is CC(C)=CCCC(C)=CCSCCS(=O)(=O)F. The number of rotatable bonds is 8. The van der Waals surface area contributed by atoms with Gasteiger partial charge in [0.2, 0.25) is 0 Å². The van der Waals surface area contributed by atoms with Gasteiger partial charge < -0.3 is 0 Å². The van der Waals surface area contributed by atoms with Crippen LogP contribution in [0.1, 0.15) is 33.6 Å². The highest BCUT2D eigenvalue weighted by Crippen LogP contribution is 2.10. The van der Waals surface area contributed by atoms with E-state index in [2.05, 4.69) is 32.9 Å². The van der Waals surface area contributed by atoms with Gasteiger partial charge in [0.1, 0.15) is 0 Å². The molecular formula is C12H21FO2S2. The van der Waals surface area contributed by atoms with Crippen molar-refractivity contribution in [1.82, 2.24) is 0 Å². The average Bonchev–Trinajstić information content (AvgIpc) is 2.14. The Kier molecular flexibility index (Phi) is 8.60. The third-order valence-corrected chi connectivity index (χ3v) is 3.96. The van der Waals surface area contributed by atoms with E-state index in [1.54, 1.807) is 0 Å². The molecule has 0 atom stereocenters. The fourth-order valence-corrected chi connectivity index (χ4v) is 2.97. The molecule has 5 heteroatoms. The monoisotopic (exact) mass is 280 g/mol. The van der Waals surface area contributed by atoms with Crippen molar-refractivity contribution >= 4 is 22.0 Å². The minimum absolute atomic E-state index is 0.316. The third kappa shape index (κ3) is 13.6.